The largest absolute Gasteiger partial charge is 0.496 e. The molecule has 1 amide bonds. The fourth-order valence-electron chi connectivity index (χ4n) is 1.87. The molecule has 0 aliphatic carbocycles. The first-order valence-corrected chi connectivity index (χ1v) is 6.46. The molecule has 19 heavy (non-hydrogen) atoms. The van der Waals surface area contributed by atoms with Gasteiger partial charge in [0.25, 0.3) is 0 Å². The minimum absolute atomic E-state index is 0.127. The Morgan fingerprint density at radius 1 is 1.47 bits per heavy atom. The number of ether oxygens (including phenoxy) is 1. The summed E-state index contributed by atoms with van der Waals surface area (Å²) < 4.78 is 5.26. The van der Waals surface area contributed by atoms with Crippen molar-refractivity contribution in [3.63, 3.8) is 0 Å². The summed E-state index contributed by atoms with van der Waals surface area (Å²) in [5.41, 5.74) is 7.64. The second-order valence-corrected chi connectivity index (χ2v) is 5.57. The van der Waals surface area contributed by atoms with Gasteiger partial charge in [-0.2, -0.15) is 0 Å². The third-order valence-electron chi connectivity index (χ3n) is 3.29. The van der Waals surface area contributed by atoms with Crippen molar-refractivity contribution in [3.05, 3.63) is 29.3 Å². The van der Waals surface area contributed by atoms with E-state index in [0.717, 1.165) is 16.9 Å². The third kappa shape index (κ3) is 3.96. The van der Waals surface area contributed by atoms with E-state index in [0.29, 0.717) is 6.54 Å². The first-order chi connectivity index (χ1) is 8.77. The van der Waals surface area contributed by atoms with Crippen molar-refractivity contribution in [2.75, 3.05) is 13.7 Å². The number of hydrogen-bond donors (Lipinski definition) is 2. The van der Waals surface area contributed by atoms with E-state index in [-0.39, 0.29) is 11.3 Å². The van der Waals surface area contributed by atoms with Crippen molar-refractivity contribution >= 4 is 5.91 Å². The zero-order valence-corrected chi connectivity index (χ0v) is 12.4. The van der Waals surface area contributed by atoms with E-state index in [1.165, 1.54) is 0 Å². The number of benzene rings is 1. The Morgan fingerprint density at radius 2 is 2.11 bits per heavy atom. The molecule has 1 rings (SSSR count). The van der Waals surface area contributed by atoms with Gasteiger partial charge in [-0.25, -0.2) is 0 Å². The third-order valence-corrected chi connectivity index (χ3v) is 3.29. The van der Waals surface area contributed by atoms with Crippen LogP contribution in [0.3, 0.4) is 0 Å². The van der Waals surface area contributed by atoms with Gasteiger partial charge in [-0.05, 0) is 31.0 Å². The summed E-state index contributed by atoms with van der Waals surface area (Å²) >= 11 is 0. The van der Waals surface area contributed by atoms with Gasteiger partial charge in [-0.3, -0.25) is 4.79 Å². The number of nitrogens with two attached hydrogens (primary N) is 1. The van der Waals surface area contributed by atoms with Crippen LogP contribution in [0, 0.1) is 6.92 Å². The number of amides is 1. The Hall–Kier alpha value is -1.55. The first kappa shape index (κ1) is 15.5. The standard InChI is InChI=1S/C15H24N2O2/c1-10-8-12(6-7-13(10)19-5)15(3,4)9-17-14(18)11(2)16/h6-8,11H,9,16H2,1-5H3,(H,17,18). The zero-order valence-electron chi connectivity index (χ0n) is 12.4. The minimum atomic E-state index is -0.478. The maximum absolute atomic E-state index is 11.5. The van der Waals surface area contributed by atoms with Crippen LogP contribution in [0.4, 0.5) is 0 Å². The van der Waals surface area contributed by atoms with E-state index in [2.05, 4.69) is 25.2 Å². The molecule has 4 heteroatoms. The van der Waals surface area contributed by atoms with Gasteiger partial charge in [0.1, 0.15) is 5.75 Å². The number of rotatable bonds is 5. The second-order valence-electron chi connectivity index (χ2n) is 5.57. The Balaban J connectivity index is 2.82. The molecule has 1 atom stereocenters. The molecule has 1 aromatic carbocycles. The molecule has 0 radical (unpaired) electrons. The molecular weight excluding hydrogens is 240 g/mol. The van der Waals surface area contributed by atoms with Gasteiger partial charge in [-0.15, -0.1) is 0 Å². The number of hydrogen-bond acceptors (Lipinski definition) is 3. The highest BCUT2D eigenvalue weighted by atomic mass is 16.5. The van der Waals surface area contributed by atoms with Crippen LogP contribution >= 0.6 is 0 Å². The number of carbonyl (C=O) groups excluding carboxylic acids is 1. The number of aryl methyl sites for hydroxylation is 1. The second kappa shape index (κ2) is 6.06. The van der Waals surface area contributed by atoms with Gasteiger partial charge in [0.15, 0.2) is 0 Å². The van der Waals surface area contributed by atoms with Crippen molar-refractivity contribution < 1.29 is 9.53 Å². The molecular formula is C15H24N2O2. The van der Waals surface area contributed by atoms with E-state index in [9.17, 15) is 4.79 Å². The summed E-state index contributed by atoms with van der Waals surface area (Å²) in [5, 5.41) is 2.87. The minimum Gasteiger partial charge on any atom is -0.496 e. The maximum Gasteiger partial charge on any atom is 0.236 e. The Bertz CT molecular complexity index is 453. The normalized spacial score (nSPS) is 12.9. The summed E-state index contributed by atoms with van der Waals surface area (Å²) in [6.45, 7) is 8.43. The average molecular weight is 264 g/mol. The van der Waals surface area contributed by atoms with Crippen LogP contribution in [0.15, 0.2) is 18.2 Å². The summed E-state index contributed by atoms with van der Waals surface area (Å²) in [4.78, 5) is 11.5. The van der Waals surface area contributed by atoms with E-state index in [1.807, 2.05) is 19.1 Å². The summed E-state index contributed by atoms with van der Waals surface area (Å²) in [6, 6.07) is 5.61. The number of methoxy groups -OCH3 is 1. The predicted octanol–water partition coefficient (Wildman–Crippen LogP) is 1.74. The highest BCUT2D eigenvalue weighted by Gasteiger charge is 2.22. The molecule has 0 aromatic heterocycles. The molecule has 0 heterocycles. The summed E-state index contributed by atoms with van der Waals surface area (Å²) in [7, 11) is 1.66. The predicted molar refractivity (Wildman–Crippen MR) is 77.4 cm³/mol. The number of carbonyl (C=O) groups is 1. The smallest absolute Gasteiger partial charge is 0.236 e. The maximum atomic E-state index is 11.5. The molecule has 0 bridgehead atoms. The lowest BCUT2D eigenvalue weighted by atomic mass is 9.83. The van der Waals surface area contributed by atoms with Crippen molar-refractivity contribution in [1.29, 1.82) is 0 Å². The van der Waals surface area contributed by atoms with Gasteiger partial charge in [0, 0.05) is 12.0 Å². The van der Waals surface area contributed by atoms with Gasteiger partial charge in [-0.1, -0.05) is 26.0 Å². The topological polar surface area (TPSA) is 64.3 Å². The van der Waals surface area contributed by atoms with Crippen LogP contribution in [-0.4, -0.2) is 25.6 Å². The summed E-state index contributed by atoms with van der Waals surface area (Å²) in [5.74, 6) is 0.748. The molecule has 3 N–H and O–H groups in total. The Morgan fingerprint density at radius 3 is 2.58 bits per heavy atom. The quantitative estimate of drug-likeness (QED) is 0.851. The Labute approximate surface area is 115 Å². The van der Waals surface area contributed by atoms with E-state index >= 15 is 0 Å². The van der Waals surface area contributed by atoms with E-state index < -0.39 is 6.04 Å². The SMILES string of the molecule is COc1ccc(C(C)(C)CNC(=O)C(C)N)cc1C. The number of nitrogens with one attached hydrogen (secondary N) is 1. The molecule has 4 nitrogen and oxygen atoms in total. The average Bonchev–Trinajstić information content (AvgIpc) is 2.35. The van der Waals surface area contributed by atoms with Crippen molar-refractivity contribution in [3.8, 4) is 5.75 Å². The van der Waals surface area contributed by atoms with Crippen molar-refractivity contribution in [1.82, 2.24) is 5.32 Å². The van der Waals surface area contributed by atoms with Crippen LogP contribution in [0.25, 0.3) is 0 Å². The molecule has 0 aliphatic heterocycles. The monoisotopic (exact) mass is 264 g/mol. The van der Waals surface area contributed by atoms with Crippen LogP contribution in [0.2, 0.25) is 0 Å². The molecule has 0 saturated heterocycles. The van der Waals surface area contributed by atoms with Gasteiger partial charge in [0.05, 0.1) is 13.2 Å². The lowest BCUT2D eigenvalue weighted by Gasteiger charge is -2.27. The fraction of sp³-hybridized carbons (Fsp3) is 0.533. The zero-order chi connectivity index (χ0) is 14.6. The fourth-order valence-corrected chi connectivity index (χ4v) is 1.87. The van der Waals surface area contributed by atoms with Gasteiger partial charge < -0.3 is 15.8 Å². The van der Waals surface area contributed by atoms with Gasteiger partial charge in [0.2, 0.25) is 5.91 Å². The van der Waals surface area contributed by atoms with Crippen LogP contribution < -0.4 is 15.8 Å². The summed E-state index contributed by atoms with van der Waals surface area (Å²) in [6.07, 6.45) is 0. The van der Waals surface area contributed by atoms with Crippen LogP contribution in [0.1, 0.15) is 31.9 Å². The van der Waals surface area contributed by atoms with E-state index in [4.69, 9.17) is 10.5 Å². The molecule has 0 saturated carbocycles. The molecule has 0 spiro atoms. The molecule has 0 fully saturated rings. The van der Waals surface area contributed by atoms with Crippen LogP contribution in [0.5, 0.6) is 5.75 Å². The van der Waals surface area contributed by atoms with Gasteiger partial charge >= 0.3 is 0 Å². The molecule has 106 valence electrons. The van der Waals surface area contributed by atoms with E-state index in [1.54, 1.807) is 14.0 Å². The highest BCUT2D eigenvalue weighted by molar-refractivity contribution is 5.81. The highest BCUT2D eigenvalue weighted by Crippen LogP contribution is 2.27. The van der Waals surface area contributed by atoms with Crippen molar-refractivity contribution in [2.45, 2.75) is 39.2 Å². The molecule has 1 unspecified atom stereocenters. The van der Waals surface area contributed by atoms with Crippen molar-refractivity contribution in [2.24, 2.45) is 5.73 Å². The first-order valence-electron chi connectivity index (χ1n) is 6.46. The molecule has 0 aliphatic rings. The lowest BCUT2D eigenvalue weighted by Crippen LogP contribution is -2.43. The van der Waals surface area contributed by atoms with Crippen LogP contribution in [-0.2, 0) is 10.2 Å². The molecule has 1 aromatic rings. The Kier molecular flexibility index (Phi) is 4.95. The lowest BCUT2D eigenvalue weighted by molar-refractivity contribution is -0.122.